The number of hydrogen-bond acceptors (Lipinski definition) is 6. The van der Waals surface area contributed by atoms with Crippen molar-refractivity contribution in [1.29, 1.82) is 0 Å². The zero-order valence-corrected chi connectivity index (χ0v) is 9.28. The first-order valence-electron chi connectivity index (χ1n) is 4.60. The van der Waals surface area contributed by atoms with Gasteiger partial charge in [-0.15, -0.1) is 0 Å². The average Bonchev–Trinajstić information content (AvgIpc) is 2.71. The largest absolute Gasteiger partial charge is 0.481 e. The Balaban J connectivity index is 0.000000317. The fraction of sp³-hybridized carbons (Fsp3) is 0.375. The number of anilines is 1. The van der Waals surface area contributed by atoms with Crippen LogP contribution in [-0.4, -0.2) is 50.4 Å². The Bertz CT molecular complexity index is 427. The van der Waals surface area contributed by atoms with Crippen molar-refractivity contribution in [2.45, 2.75) is 13.2 Å². The summed E-state index contributed by atoms with van der Waals surface area (Å²) >= 11 is 0. The molecule has 0 aromatic carbocycles. The molecule has 1 aliphatic heterocycles. The lowest BCUT2D eigenvalue weighted by Crippen LogP contribution is -2.57. The van der Waals surface area contributed by atoms with Gasteiger partial charge in [-0.3, -0.25) is 20.5 Å². The Morgan fingerprint density at radius 2 is 2.18 bits per heavy atom. The van der Waals surface area contributed by atoms with Crippen molar-refractivity contribution in [3.63, 3.8) is 0 Å². The Hall–Kier alpha value is -2.13. The number of nitrogens with two attached hydrogens (primary N) is 1. The van der Waals surface area contributed by atoms with Crippen LogP contribution in [0.4, 0.5) is 5.82 Å². The smallest absolute Gasteiger partial charge is 0.300 e. The van der Waals surface area contributed by atoms with Crippen LogP contribution < -0.4 is 10.8 Å². The number of carbonyl (C=O) groups is 2. The molecule has 0 bridgehead atoms. The number of fused-ring (bicyclic) bond motifs is 1. The van der Waals surface area contributed by atoms with Gasteiger partial charge in [0.05, 0.1) is 6.33 Å². The molecule has 17 heavy (non-hydrogen) atoms. The molecular weight excluding hydrogens is 230 g/mol. The fourth-order valence-electron chi connectivity index (χ4n) is 1.20. The van der Waals surface area contributed by atoms with Crippen LogP contribution in [-0.2, 0) is 4.79 Å². The van der Waals surface area contributed by atoms with Crippen LogP contribution in [0.1, 0.15) is 17.4 Å². The third-order valence-electron chi connectivity index (χ3n) is 2.02. The number of hydrogen-bond donors (Lipinski definition) is 4. The number of aliphatic carboxylic acids is 1. The van der Waals surface area contributed by atoms with E-state index in [-0.39, 0.29) is 17.4 Å². The standard InChI is InChI=1S/C6H9N5O2.C2H4O2/c1-10-5(12)3-4(9-2-8-3)11(13)6(10)7;1-2(3)4/h2,6,13H,7H2,1H3,(H,8,9);1H3,(H,3,4). The van der Waals surface area contributed by atoms with E-state index in [1.807, 2.05) is 0 Å². The molecule has 9 heteroatoms. The summed E-state index contributed by atoms with van der Waals surface area (Å²) < 4.78 is 0. The van der Waals surface area contributed by atoms with Gasteiger partial charge in [0.2, 0.25) is 0 Å². The van der Waals surface area contributed by atoms with Crippen molar-refractivity contribution < 1.29 is 19.9 Å². The second-order valence-electron chi connectivity index (χ2n) is 3.29. The van der Waals surface area contributed by atoms with E-state index in [2.05, 4.69) is 9.97 Å². The van der Waals surface area contributed by atoms with Gasteiger partial charge in [0.15, 0.2) is 17.8 Å². The maximum Gasteiger partial charge on any atom is 0.300 e. The predicted molar refractivity (Wildman–Crippen MR) is 56.2 cm³/mol. The van der Waals surface area contributed by atoms with Gasteiger partial charge in [-0.25, -0.2) is 4.98 Å². The molecule has 5 N–H and O–H groups in total. The minimum atomic E-state index is -0.886. The van der Waals surface area contributed by atoms with E-state index in [4.69, 9.17) is 15.6 Å². The van der Waals surface area contributed by atoms with Gasteiger partial charge in [0, 0.05) is 14.0 Å². The molecule has 0 aliphatic carbocycles. The minimum absolute atomic E-state index is 0.163. The highest BCUT2D eigenvalue weighted by atomic mass is 16.5. The molecule has 0 saturated carbocycles. The molecule has 1 atom stereocenters. The molecule has 2 rings (SSSR count). The Morgan fingerprint density at radius 3 is 2.71 bits per heavy atom. The van der Waals surface area contributed by atoms with Crippen LogP contribution in [0.25, 0.3) is 0 Å². The summed E-state index contributed by atoms with van der Waals surface area (Å²) in [5.41, 5.74) is 5.76. The lowest BCUT2D eigenvalue weighted by atomic mass is 10.3. The molecule has 1 aliphatic rings. The van der Waals surface area contributed by atoms with E-state index in [0.717, 1.165) is 12.0 Å². The summed E-state index contributed by atoms with van der Waals surface area (Å²) in [7, 11) is 1.50. The van der Waals surface area contributed by atoms with Crippen LogP contribution in [0.3, 0.4) is 0 Å². The number of amides is 1. The van der Waals surface area contributed by atoms with Crippen LogP contribution in [0.2, 0.25) is 0 Å². The molecule has 2 heterocycles. The van der Waals surface area contributed by atoms with Crippen molar-refractivity contribution in [3.05, 3.63) is 12.0 Å². The quantitative estimate of drug-likeness (QED) is 0.460. The van der Waals surface area contributed by atoms with Gasteiger partial charge in [0.1, 0.15) is 0 Å². The maximum atomic E-state index is 11.5. The van der Waals surface area contributed by atoms with Crippen molar-refractivity contribution in [2.75, 3.05) is 12.1 Å². The van der Waals surface area contributed by atoms with Crippen LogP contribution in [0, 0.1) is 0 Å². The normalized spacial score (nSPS) is 18.4. The lowest BCUT2D eigenvalue weighted by molar-refractivity contribution is -0.134. The summed E-state index contributed by atoms with van der Waals surface area (Å²) in [4.78, 5) is 28.1. The molecule has 9 nitrogen and oxygen atoms in total. The van der Waals surface area contributed by atoms with E-state index >= 15 is 0 Å². The third kappa shape index (κ3) is 2.52. The summed E-state index contributed by atoms with van der Waals surface area (Å²) in [6.07, 6.45) is 0.445. The van der Waals surface area contributed by atoms with Crippen molar-refractivity contribution >= 4 is 17.7 Å². The highest BCUT2D eigenvalue weighted by Crippen LogP contribution is 2.22. The SMILES string of the molecule is CC(=O)O.CN1C(=O)c2[nH]cnc2N(O)C1N. The average molecular weight is 243 g/mol. The number of nitrogens with one attached hydrogen (secondary N) is 1. The Morgan fingerprint density at radius 1 is 1.65 bits per heavy atom. The van der Waals surface area contributed by atoms with E-state index in [1.54, 1.807) is 0 Å². The van der Waals surface area contributed by atoms with Crippen LogP contribution in [0.5, 0.6) is 0 Å². The molecule has 1 amide bonds. The molecule has 1 aromatic heterocycles. The molecule has 0 fully saturated rings. The summed E-state index contributed by atoms with van der Waals surface area (Å²) in [5.74, 6) is -0.957. The van der Waals surface area contributed by atoms with Gasteiger partial charge in [0.25, 0.3) is 11.9 Å². The van der Waals surface area contributed by atoms with Crippen molar-refractivity contribution in [1.82, 2.24) is 14.9 Å². The third-order valence-corrected chi connectivity index (χ3v) is 2.02. The van der Waals surface area contributed by atoms with E-state index in [9.17, 15) is 10.0 Å². The number of rotatable bonds is 0. The van der Waals surface area contributed by atoms with Gasteiger partial charge in [-0.2, -0.15) is 5.06 Å². The molecule has 94 valence electrons. The summed E-state index contributed by atoms with van der Waals surface area (Å²) in [6.45, 7) is 1.08. The highest BCUT2D eigenvalue weighted by Gasteiger charge is 2.34. The number of aromatic amines is 1. The van der Waals surface area contributed by atoms with E-state index in [1.165, 1.54) is 18.3 Å². The van der Waals surface area contributed by atoms with Gasteiger partial charge in [-0.1, -0.05) is 0 Å². The van der Waals surface area contributed by atoms with Crippen LogP contribution >= 0.6 is 0 Å². The first-order valence-corrected chi connectivity index (χ1v) is 4.60. The van der Waals surface area contributed by atoms with Crippen molar-refractivity contribution in [3.8, 4) is 0 Å². The summed E-state index contributed by atoms with van der Waals surface area (Å²) in [5, 5.41) is 17.6. The van der Waals surface area contributed by atoms with E-state index < -0.39 is 12.3 Å². The van der Waals surface area contributed by atoms with Crippen molar-refractivity contribution in [2.24, 2.45) is 5.73 Å². The lowest BCUT2D eigenvalue weighted by Gasteiger charge is -2.34. The number of nitrogens with zero attached hydrogens (tertiary/aromatic N) is 3. The number of aromatic nitrogens is 2. The number of carbonyl (C=O) groups excluding carboxylic acids is 1. The number of imidazole rings is 1. The second kappa shape index (κ2) is 4.80. The number of hydroxylamine groups is 1. The van der Waals surface area contributed by atoms with Gasteiger partial charge in [-0.05, 0) is 0 Å². The summed E-state index contributed by atoms with van der Waals surface area (Å²) in [6, 6.07) is 0. The molecule has 0 radical (unpaired) electrons. The number of carboxylic acids is 1. The maximum absolute atomic E-state index is 11.5. The molecular formula is C8H13N5O4. The first-order chi connectivity index (χ1) is 7.86. The van der Waals surface area contributed by atoms with Gasteiger partial charge >= 0.3 is 0 Å². The number of H-pyrrole nitrogens is 1. The zero-order chi connectivity index (χ0) is 13.2. The monoisotopic (exact) mass is 243 g/mol. The predicted octanol–water partition coefficient (Wildman–Crippen LogP) is -0.976. The molecule has 0 spiro atoms. The Kier molecular flexibility index (Phi) is 3.66. The molecule has 1 unspecified atom stereocenters. The highest BCUT2D eigenvalue weighted by molar-refractivity contribution is 5.98. The van der Waals surface area contributed by atoms with E-state index in [0.29, 0.717) is 0 Å². The molecule has 0 saturated heterocycles. The second-order valence-corrected chi connectivity index (χ2v) is 3.29. The Labute approximate surface area is 96.4 Å². The topological polar surface area (TPSA) is 136 Å². The number of carboxylic acid groups (broad SMARTS) is 1. The van der Waals surface area contributed by atoms with Gasteiger partial charge < -0.3 is 15.0 Å². The first kappa shape index (κ1) is 12.9. The van der Waals surface area contributed by atoms with Crippen LogP contribution in [0.15, 0.2) is 6.33 Å². The fourth-order valence-corrected chi connectivity index (χ4v) is 1.20. The minimum Gasteiger partial charge on any atom is -0.481 e. The molecule has 1 aromatic rings. The zero-order valence-electron chi connectivity index (χ0n) is 9.28.